The third-order valence-electron chi connectivity index (χ3n) is 5.78. The summed E-state index contributed by atoms with van der Waals surface area (Å²) in [5.74, 6) is 0.104. The zero-order chi connectivity index (χ0) is 24.0. The maximum atomic E-state index is 12.6. The third kappa shape index (κ3) is 5.85. The minimum absolute atomic E-state index is 0.133. The van der Waals surface area contributed by atoms with Crippen LogP contribution in [0, 0.1) is 6.92 Å². The van der Waals surface area contributed by atoms with E-state index in [2.05, 4.69) is 38.1 Å². The molecule has 2 aromatic carbocycles. The summed E-state index contributed by atoms with van der Waals surface area (Å²) in [4.78, 5) is 25.1. The number of hydrogen-bond donors (Lipinski definition) is 1. The van der Waals surface area contributed by atoms with Gasteiger partial charge in [-0.15, -0.1) is 10.0 Å². The zero-order valence-corrected chi connectivity index (χ0v) is 20.5. The van der Waals surface area contributed by atoms with Crippen LogP contribution in [-0.4, -0.2) is 38.2 Å². The highest BCUT2D eigenvalue weighted by molar-refractivity contribution is 8.44. The van der Waals surface area contributed by atoms with Crippen molar-refractivity contribution in [3.8, 4) is 0 Å². The van der Waals surface area contributed by atoms with E-state index in [9.17, 15) is 14.7 Å². The average molecular weight is 469 g/mol. The molecule has 0 saturated carbocycles. The lowest BCUT2D eigenvalue weighted by molar-refractivity contribution is 0.0462. The summed E-state index contributed by atoms with van der Waals surface area (Å²) in [6, 6.07) is 17.1. The molecule has 0 saturated heterocycles. The Morgan fingerprint density at radius 1 is 1.06 bits per heavy atom. The largest absolute Gasteiger partial charge is 0.474 e. The molecular formula is C26H32N2O4S. The summed E-state index contributed by atoms with van der Waals surface area (Å²) in [5.41, 5.74) is 4.62. The highest BCUT2D eigenvalue weighted by atomic mass is 32.3. The van der Waals surface area contributed by atoms with Gasteiger partial charge in [-0.05, 0) is 66.1 Å². The van der Waals surface area contributed by atoms with Crippen LogP contribution in [0.25, 0.3) is 0 Å². The summed E-state index contributed by atoms with van der Waals surface area (Å²) in [6.07, 6.45) is 3.42. The first-order chi connectivity index (χ1) is 15.8. The van der Waals surface area contributed by atoms with Crippen molar-refractivity contribution in [3.63, 3.8) is 0 Å². The van der Waals surface area contributed by atoms with Crippen LogP contribution in [0.5, 0.6) is 0 Å². The number of aryl methyl sites for hydroxylation is 2. The van der Waals surface area contributed by atoms with Gasteiger partial charge in [0, 0.05) is 13.0 Å². The van der Waals surface area contributed by atoms with Crippen molar-refractivity contribution in [1.29, 1.82) is 0 Å². The second-order valence-corrected chi connectivity index (χ2v) is 11.8. The molecule has 6 nitrogen and oxygen atoms in total. The van der Waals surface area contributed by atoms with Crippen molar-refractivity contribution >= 4 is 21.3 Å². The van der Waals surface area contributed by atoms with E-state index in [0.717, 1.165) is 35.7 Å². The molecule has 0 spiro atoms. The Morgan fingerprint density at radius 3 is 2.30 bits per heavy atom. The number of benzene rings is 2. The van der Waals surface area contributed by atoms with E-state index in [1.807, 2.05) is 17.7 Å². The molecule has 1 unspecified atom stereocenters. The molecule has 176 valence electrons. The number of rotatable bonds is 9. The summed E-state index contributed by atoms with van der Waals surface area (Å²) in [6.45, 7) is 6.91. The fourth-order valence-electron chi connectivity index (χ4n) is 3.54. The number of carbonyl (C=O) groups is 2. The van der Waals surface area contributed by atoms with Crippen molar-refractivity contribution < 1.29 is 19.4 Å². The van der Waals surface area contributed by atoms with Gasteiger partial charge in [-0.25, -0.2) is 9.59 Å². The van der Waals surface area contributed by atoms with Gasteiger partial charge in [0.25, 0.3) is 0 Å². The molecule has 0 aliphatic rings. The van der Waals surface area contributed by atoms with Crippen LogP contribution in [0.1, 0.15) is 53.1 Å². The fourth-order valence-corrected chi connectivity index (χ4v) is 5.06. The zero-order valence-electron chi connectivity index (χ0n) is 19.7. The van der Waals surface area contributed by atoms with Gasteiger partial charge >= 0.3 is 11.3 Å². The Morgan fingerprint density at radius 2 is 1.73 bits per heavy atom. The molecule has 0 aliphatic heterocycles. The topological polar surface area (TPSA) is 81.4 Å². The highest BCUT2D eigenvalue weighted by Gasteiger charge is 2.27. The van der Waals surface area contributed by atoms with Gasteiger partial charge in [0.15, 0.2) is 0 Å². The molecular weight excluding hydrogens is 436 g/mol. The summed E-state index contributed by atoms with van der Waals surface area (Å²) in [7, 11) is -1.95. The lowest BCUT2D eigenvalue weighted by atomic mass is 10.1. The second-order valence-electron chi connectivity index (χ2n) is 8.26. The molecule has 1 heterocycles. The molecule has 3 aromatic rings. The first-order valence-corrected chi connectivity index (χ1v) is 13.3. The lowest BCUT2D eigenvalue weighted by Gasteiger charge is -2.29. The molecule has 3 rings (SSSR count). The Bertz CT molecular complexity index is 1110. The summed E-state index contributed by atoms with van der Waals surface area (Å²) >= 11 is 0. The Hall–Kier alpha value is -3.06. The lowest BCUT2D eigenvalue weighted by Crippen LogP contribution is -2.12. The summed E-state index contributed by atoms with van der Waals surface area (Å²) < 4.78 is 7.48. The van der Waals surface area contributed by atoms with Crippen LogP contribution in [-0.2, 0) is 24.3 Å². The molecule has 0 bridgehead atoms. The van der Waals surface area contributed by atoms with Crippen molar-refractivity contribution in [1.82, 2.24) is 9.78 Å². The quantitative estimate of drug-likeness (QED) is 0.387. The molecule has 0 aliphatic carbocycles. The van der Waals surface area contributed by atoms with Crippen molar-refractivity contribution in [3.05, 3.63) is 82.7 Å². The minimum atomic E-state index is -1.95. The molecule has 0 amide bonds. The van der Waals surface area contributed by atoms with Gasteiger partial charge in [-0.1, -0.05) is 43.7 Å². The first kappa shape index (κ1) is 24.6. The van der Waals surface area contributed by atoms with Crippen LogP contribution >= 0.6 is 10.0 Å². The fraction of sp³-hybridized carbons (Fsp3) is 0.346. The Balaban J connectivity index is 1.69. The van der Waals surface area contributed by atoms with Gasteiger partial charge in [0.1, 0.15) is 6.61 Å². The Labute approximate surface area is 196 Å². The normalized spacial score (nSPS) is 13.8. The van der Waals surface area contributed by atoms with E-state index in [1.54, 1.807) is 30.5 Å². The predicted molar refractivity (Wildman–Crippen MR) is 132 cm³/mol. The maximum Gasteiger partial charge on any atom is 0.351 e. The van der Waals surface area contributed by atoms with Crippen LogP contribution in [0.15, 0.2) is 59.5 Å². The van der Waals surface area contributed by atoms with Gasteiger partial charge in [-0.3, -0.25) is 4.68 Å². The van der Waals surface area contributed by atoms with Gasteiger partial charge in [0.05, 0.1) is 17.0 Å². The smallest absolute Gasteiger partial charge is 0.351 e. The number of nitrogens with zero attached hydrogens (tertiary/aromatic N) is 2. The predicted octanol–water partition coefficient (Wildman–Crippen LogP) is 6.04. The van der Waals surface area contributed by atoms with E-state index in [4.69, 9.17) is 9.84 Å². The molecule has 1 aromatic heterocycles. The van der Waals surface area contributed by atoms with Crippen molar-refractivity contribution in [2.45, 2.75) is 51.7 Å². The molecule has 33 heavy (non-hydrogen) atoms. The Kier molecular flexibility index (Phi) is 7.97. The van der Waals surface area contributed by atoms with E-state index < -0.39 is 21.3 Å². The summed E-state index contributed by atoms with van der Waals surface area (Å²) in [5, 5.41) is 13.5. The van der Waals surface area contributed by atoms with Crippen LogP contribution < -0.4 is 0 Å². The average Bonchev–Trinajstić information content (AvgIpc) is 3.19. The number of carbonyl (C=O) groups excluding carboxylic acids is 1. The van der Waals surface area contributed by atoms with Gasteiger partial charge in [0.2, 0.25) is 0 Å². The number of carboxylic acid groups (broad SMARTS) is 1. The van der Waals surface area contributed by atoms with Crippen LogP contribution in [0.3, 0.4) is 0 Å². The van der Waals surface area contributed by atoms with Crippen molar-refractivity contribution in [2.24, 2.45) is 0 Å². The molecule has 1 atom stereocenters. The SMILES string of the molecule is CCCn1nc(Cc2ccc(C)cc2)cc1COC(=O)c1ccc(S(C)(CC)C(=O)O)cc1. The van der Waals surface area contributed by atoms with E-state index in [0.29, 0.717) is 11.3 Å². The van der Waals surface area contributed by atoms with E-state index in [1.165, 1.54) is 11.1 Å². The molecule has 1 N–H and O–H groups in total. The molecule has 0 radical (unpaired) electrons. The second kappa shape index (κ2) is 10.7. The van der Waals surface area contributed by atoms with E-state index in [-0.39, 0.29) is 6.61 Å². The number of esters is 1. The minimum Gasteiger partial charge on any atom is -0.474 e. The standard InChI is InChI=1S/C26H32N2O4S/c1-5-15-28-23(17-22(27-28)16-20-9-7-19(3)8-10-20)18-32-25(29)21-11-13-24(14-12-21)33(4,6-2)26(30)31/h7-14,17H,5-6,15-16,18H2,1-4H3,(H,30,31). The first-order valence-electron chi connectivity index (χ1n) is 11.1. The number of aromatic nitrogens is 2. The number of hydrogen-bond acceptors (Lipinski definition) is 4. The number of ether oxygens (including phenoxy) is 1. The maximum absolute atomic E-state index is 12.6. The van der Waals surface area contributed by atoms with Crippen LogP contribution in [0.4, 0.5) is 4.79 Å². The van der Waals surface area contributed by atoms with Gasteiger partial charge in [-0.2, -0.15) is 5.10 Å². The van der Waals surface area contributed by atoms with Gasteiger partial charge < -0.3 is 9.84 Å². The molecule has 7 heteroatoms. The van der Waals surface area contributed by atoms with Crippen LogP contribution in [0.2, 0.25) is 0 Å². The third-order valence-corrected chi connectivity index (χ3v) is 9.02. The monoisotopic (exact) mass is 468 g/mol. The van der Waals surface area contributed by atoms with Crippen molar-refractivity contribution in [2.75, 3.05) is 12.0 Å². The molecule has 0 fully saturated rings. The van der Waals surface area contributed by atoms with E-state index >= 15 is 0 Å². The highest BCUT2D eigenvalue weighted by Crippen LogP contribution is 2.52.